The molecule has 0 saturated carbocycles. The van der Waals surface area contributed by atoms with Crippen LogP contribution in [-0.2, 0) is 6.42 Å². The molecule has 0 amide bonds. The maximum absolute atomic E-state index is 4.32. The molecule has 0 spiro atoms. The Hall–Kier alpha value is -0.910. The normalized spacial score (nSPS) is 11.2. The highest BCUT2D eigenvalue weighted by Crippen LogP contribution is 2.31. The number of nitrogens with zero attached hydrogens (tertiary/aromatic N) is 2. The molecule has 0 unspecified atom stereocenters. The summed E-state index contributed by atoms with van der Waals surface area (Å²) in [5.41, 5.74) is 1.19. The van der Waals surface area contributed by atoms with Gasteiger partial charge in [-0.05, 0) is 12.3 Å². The van der Waals surface area contributed by atoms with Gasteiger partial charge in [0.15, 0.2) is 0 Å². The SMILES string of the molecule is CSc1ccccc1-c1nnc(CCNC(C)C)s1. The van der Waals surface area contributed by atoms with Crippen LogP contribution in [0.5, 0.6) is 0 Å². The number of nitrogens with one attached hydrogen (secondary N) is 1. The third-order valence-corrected chi connectivity index (χ3v) is 4.51. The molecule has 0 fully saturated rings. The van der Waals surface area contributed by atoms with Crippen molar-refractivity contribution in [2.24, 2.45) is 0 Å². The molecule has 0 radical (unpaired) electrons. The third-order valence-electron chi connectivity index (χ3n) is 2.70. The van der Waals surface area contributed by atoms with Crippen LogP contribution in [0, 0.1) is 0 Å². The highest BCUT2D eigenvalue weighted by Gasteiger charge is 2.10. The van der Waals surface area contributed by atoms with Gasteiger partial charge in [-0.1, -0.05) is 43.4 Å². The summed E-state index contributed by atoms with van der Waals surface area (Å²) in [6, 6.07) is 8.87. The van der Waals surface area contributed by atoms with Crippen LogP contribution in [0.25, 0.3) is 10.6 Å². The van der Waals surface area contributed by atoms with Crippen molar-refractivity contribution in [3.63, 3.8) is 0 Å². The van der Waals surface area contributed by atoms with Crippen molar-refractivity contribution in [3.05, 3.63) is 29.3 Å². The number of hydrogen-bond acceptors (Lipinski definition) is 5. The third kappa shape index (κ3) is 4.03. The lowest BCUT2D eigenvalue weighted by Crippen LogP contribution is -2.24. The first-order valence-electron chi connectivity index (χ1n) is 6.40. The number of rotatable bonds is 6. The van der Waals surface area contributed by atoms with Gasteiger partial charge in [-0.2, -0.15) is 0 Å². The highest BCUT2D eigenvalue weighted by molar-refractivity contribution is 7.98. The zero-order chi connectivity index (χ0) is 13.7. The van der Waals surface area contributed by atoms with Crippen molar-refractivity contribution < 1.29 is 0 Å². The molecule has 0 bridgehead atoms. The van der Waals surface area contributed by atoms with Crippen LogP contribution < -0.4 is 5.32 Å². The molecule has 0 aliphatic carbocycles. The monoisotopic (exact) mass is 293 g/mol. The summed E-state index contributed by atoms with van der Waals surface area (Å²) >= 11 is 3.44. The molecule has 0 atom stereocenters. The summed E-state index contributed by atoms with van der Waals surface area (Å²) in [6.07, 6.45) is 3.03. The molecule has 0 aliphatic heterocycles. The summed E-state index contributed by atoms with van der Waals surface area (Å²) in [5.74, 6) is 0. The van der Waals surface area contributed by atoms with Gasteiger partial charge in [-0.15, -0.1) is 22.0 Å². The van der Waals surface area contributed by atoms with E-state index in [1.54, 1.807) is 23.1 Å². The van der Waals surface area contributed by atoms with E-state index in [0.29, 0.717) is 6.04 Å². The van der Waals surface area contributed by atoms with Gasteiger partial charge in [-0.3, -0.25) is 0 Å². The Balaban J connectivity index is 2.08. The molecule has 3 nitrogen and oxygen atoms in total. The van der Waals surface area contributed by atoms with Gasteiger partial charge in [0.1, 0.15) is 10.0 Å². The molecule has 0 saturated heterocycles. The summed E-state index contributed by atoms with van der Waals surface area (Å²) in [7, 11) is 0. The van der Waals surface area contributed by atoms with Crippen LogP contribution in [-0.4, -0.2) is 29.0 Å². The lowest BCUT2D eigenvalue weighted by atomic mass is 10.2. The van der Waals surface area contributed by atoms with E-state index in [2.05, 4.69) is 59.9 Å². The number of aromatic nitrogens is 2. The smallest absolute Gasteiger partial charge is 0.148 e. The number of thioether (sulfide) groups is 1. The predicted molar refractivity (Wildman–Crippen MR) is 84.0 cm³/mol. The van der Waals surface area contributed by atoms with Crippen LogP contribution in [0.4, 0.5) is 0 Å². The topological polar surface area (TPSA) is 37.8 Å². The van der Waals surface area contributed by atoms with Gasteiger partial charge in [0.2, 0.25) is 0 Å². The fourth-order valence-corrected chi connectivity index (χ4v) is 3.30. The Labute approximate surface area is 122 Å². The Morgan fingerprint density at radius 1 is 1.26 bits per heavy atom. The fourth-order valence-electron chi connectivity index (χ4n) is 1.75. The molecular formula is C14H19N3S2. The highest BCUT2D eigenvalue weighted by atomic mass is 32.2. The summed E-state index contributed by atoms with van der Waals surface area (Å²) in [6.45, 7) is 5.26. The van der Waals surface area contributed by atoms with Crippen molar-refractivity contribution in [1.29, 1.82) is 0 Å². The average molecular weight is 293 g/mol. The van der Waals surface area contributed by atoms with E-state index in [-0.39, 0.29) is 0 Å². The second-order valence-corrected chi connectivity index (χ2v) is 6.47. The molecule has 1 heterocycles. The zero-order valence-corrected chi connectivity index (χ0v) is 13.1. The molecular weight excluding hydrogens is 274 g/mol. The van der Waals surface area contributed by atoms with Gasteiger partial charge < -0.3 is 5.32 Å². The van der Waals surface area contributed by atoms with Crippen LogP contribution in [0.2, 0.25) is 0 Å². The van der Waals surface area contributed by atoms with Gasteiger partial charge in [-0.25, -0.2) is 0 Å². The van der Waals surface area contributed by atoms with Crippen LogP contribution in [0.3, 0.4) is 0 Å². The summed E-state index contributed by atoms with van der Waals surface area (Å²) < 4.78 is 0. The maximum Gasteiger partial charge on any atom is 0.148 e. The lowest BCUT2D eigenvalue weighted by molar-refractivity contribution is 0.588. The molecule has 1 aromatic heterocycles. The van der Waals surface area contributed by atoms with Crippen molar-refractivity contribution in [1.82, 2.24) is 15.5 Å². The van der Waals surface area contributed by atoms with E-state index in [1.165, 1.54) is 10.5 Å². The van der Waals surface area contributed by atoms with E-state index in [4.69, 9.17) is 0 Å². The molecule has 1 N–H and O–H groups in total. The minimum absolute atomic E-state index is 0.518. The first-order valence-corrected chi connectivity index (χ1v) is 8.44. The predicted octanol–water partition coefficient (Wildman–Crippen LogP) is 3.47. The Kier molecular flexibility index (Phi) is 5.36. The molecule has 0 aliphatic rings. The van der Waals surface area contributed by atoms with Crippen molar-refractivity contribution in [2.75, 3.05) is 12.8 Å². The van der Waals surface area contributed by atoms with E-state index in [1.807, 2.05) is 0 Å². The van der Waals surface area contributed by atoms with E-state index >= 15 is 0 Å². The summed E-state index contributed by atoms with van der Waals surface area (Å²) in [4.78, 5) is 1.26. The zero-order valence-electron chi connectivity index (χ0n) is 11.5. The van der Waals surface area contributed by atoms with Crippen molar-refractivity contribution >= 4 is 23.1 Å². The second-order valence-electron chi connectivity index (χ2n) is 4.56. The van der Waals surface area contributed by atoms with E-state index in [0.717, 1.165) is 23.0 Å². The second kappa shape index (κ2) is 7.03. The molecule has 19 heavy (non-hydrogen) atoms. The largest absolute Gasteiger partial charge is 0.314 e. The van der Waals surface area contributed by atoms with Gasteiger partial charge >= 0.3 is 0 Å². The maximum atomic E-state index is 4.32. The molecule has 2 aromatic rings. The lowest BCUT2D eigenvalue weighted by Gasteiger charge is -2.05. The number of benzene rings is 1. The quantitative estimate of drug-likeness (QED) is 0.828. The van der Waals surface area contributed by atoms with Crippen molar-refractivity contribution in [3.8, 4) is 10.6 Å². The Morgan fingerprint density at radius 3 is 2.79 bits per heavy atom. The van der Waals surface area contributed by atoms with Gasteiger partial charge in [0.05, 0.1) is 0 Å². The number of hydrogen-bond donors (Lipinski definition) is 1. The van der Waals surface area contributed by atoms with Crippen molar-refractivity contribution in [2.45, 2.75) is 31.2 Å². The fraction of sp³-hybridized carbons (Fsp3) is 0.429. The van der Waals surface area contributed by atoms with E-state index in [9.17, 15) is 0 Å². The molecule has 2 rings (SSSR count). The molecule has 102 valence electrons. The van der Waals surface area contributed by atoms with Crippen LogP contribution in [0.1, 0.15) is 18.9 Å². The minimum Gasteiger partial charge on any atom is -0.314 e. The minimum atomic E-state index is 0.518. The average Bonchev–Trinajstić information content (AvgIpc) is 2.87. The van der Waals surface area contributed by atoms with E-state index < -0.39 is 0 Å². The molecule has 5 heteroatoms. The first kappa shape index (κ1) is 14.5. The standard InChI is InChI=1S/C14H19N3S2/c1-10(2)15-9-8-13-16-17-14(19-13)11-6-4-5-7-12(11)18-3/h4-7,10,15H,8-9H2,1-3H3. The van der Waals surface area contributed by atoms with Crippen LogP contribution >= 0.6 is 23.1 Å². The first-order chi connectivity index (χ1) is 9.20. The Morgan fingerprint density at radius 2 is 2.05 bits per heavy atom. The van der Waals surface area contributed by atoms with Crippen LogP contribution in [0.15, 0.2) is 29.2 Å². The van der Waals surface area contributed by atoms with Gasteiger partial charge in [0, 0.05) is 29.5 Å². The Bertz CT molecular complexity index is 523. The summed E-state index contributed by atoms with van der Waals surface area (Å²) in [5, 5.41) is 14.1. The molecule has 1 aromatic carbocycles. The van der Waals surface area contributed by atoms with Gasteiger partial charge in [0.25, 0.3) is 0 Å².